The number of esters is 2. The van der Waals surface area contributed by atoms with Gasteiger partial charge in [0.1, 0.15) is 40.2 Å². The molecule has 8 nitrogen and oxygen atoms in total. The van der Waals surface area contributed by atoms with E-state index in [9.17, 15) is 24.6 Å². The second-order valence-electron chi connectivity index (χ2n) is 10.9. The van der Waals surface area contributed by atoms with Crippen LogP contribution in [0, 0.1) is 29.1 Å². The number of hydrogen-bond acceptors (Lipinski definition) is 8. The van der Waals surface area contributed by atoms with E-state index in [1.54, 1.807) is 13.8 Å². The van der Waals surface area contributed by atoms with Gasteiger partial charge in [0.2, 0.25) is 0 Å². The van der Waals surface area contributed by atoms with Crippen molar-refractivity contribution in [3.05, 3.63) is 12.2 Å². The zero-order valence-corrected chi connectivity index (χ0v) is 19.2. The molecule has 0 aromatic rings. The molecule has 5 aliphatic rings. The Bertz CT molecular complexity index is 944. The molecule has 0 aromatic heterocycles. The first-order valence-electron chi connectivity index (χ1n) is 11.5. The number of ketones is 1. The molecule has 5 fully saturated rings. The monoisotopic (exact) mass is 448 g/mol. The zero-order chi connectivity index (χ0) is 23.6. The number of carbonyl (C=O) groups is 3. The van der Waals surface area contributed by atoms with E-state index >= 15 is 0 Å². The van der Waals surface area contributed by atoms with Crippen LogP contribution in [0.1, 0.15) is 53.9 Å². The van der Waals surface area contributed by atoms with Crippen LogP contribution in [-0.4, -0.2) is 63.0 Å². The molecule has 2 heterocycles. The van der Waals surface area contributed by atoms with Gasteiger partial charge in [-0.1, -0.05) is 27.4 Å². The highest BCUT2D eigenvalue weighted by atomic mass is 16.7. The van der Waals surface area contributed by atoms with Crippen molar-refractivity contribution in [2.75, 3.05) is 0 Å². The van der Waals surface area contributed by atoms with Crippen molar-refractivity contribution in [2.45, 2.75) is 89.0 Å². The van der Waals surface area contributed by atoms with Crippen molar-refractivity contribution in [1.29, 1.82) is 0 Å². The molecule has 0 bridgehead atoms. The molecular weight excluding hydrogens is 416 g/mol. The highest BCUT2D eigenvalue weighted by Gasteiger charge is 2.95. The average molecular weight is 449 g/mol. The van der Waals surface area contributed by atoms with Crippen LogP contribution < -0.4 is 0 Å². The van der Waals surface area contributed by atoms with Crippen LogP contribution in [0.5, 0.6) is 0 Å². The molecular formula is C24H32O8. The minimum Gasteiger partial charge on any atom is -0.459 e. The fourth-order valence-electron chi connectivity index (χ4n) is 7.65. The number of ether oxygens (including phenoxy) is 3. The lowest BCUT2D eigenvalue weighted by molar-refractivity contribution is -0.174. The third kappa shape index (κ3) is 2.08. The molecule has 2 aliphatic heterocycles. The van der Waals surface area contributed by atoms with Crippen LogP contribution in [0.2, 0.25) is 0 Å². The molecule has 0 spiro atoms. The maximum Gasteiger partial charge on any atom is 0.320 e. The van der Waals surface area contributed by atoms with Crippen molar-refractivity contribution >= 4 is 17.7 Å². The van der Waals surface area contributed by atoms with Gasteiger partial charge >= 0.3 is 11.9 Å². The van der Waals surface area contributed by atoms with Gasteiger partial charge in [0.15, 0.2) is 0 Å². The average Bonchev–Trinajstić information content (AvgIpc) is 3.25. The van der Waals surface area contributed by atoms with E-state index in [0.717, 1.165) is 0 Å². The smallest absolute Gasteiger partial charge is 0.320 e. The first kappa shape index (κ1) is 22.0. The lowest BCUT2D eigenvalue weighted by Gasteiger charge is -2.53. The zero-order valence-electron chi connectivity index (χ0n) is 19.2. The van der Waals surface area contributed by atoms with E-state index in [1.807, 2.05) is 13.8 Å². The molecule has 0 radical (unpaired) electrons. The van der Waals surface area contributed by atoms with Gasteiger partial charge in [-0.15, -0.1) is 0 Å². The summed E-state index contributed by atoms with van der Waals surface area (Å²) in [6.45, 7) is 12.7. The van der Waals surface area contributed by atoms with Gasteiger partial charge in [-0.3, -0.25) is 14.4 Å². The maximum atomic E-state index is 13.2. The van der Waals surface area contributed by atoms with Crippen molar-refractivity contribution in [1.82, 2.24) is 0 Å². The summed E-state index contributed by atoms with van der Waals surface area (Å²) in [5.41, 5.74) is -4.82. The lowest BCUT2D eigenvalue weighted by atomic mass is 9.46. The van der Waals surface area contributed by atoms with Crippen LogP contribution in [0.3, 0.4) is 0 Å². The van der Waals surface area contributed by atoms with E-state index in [1.165, 1.54) is 6.92 Å². The Morgan fingerprint density at radius 1 is 1.31 bits per heavy atom. The minimum atomic E-state index is -1.61. The number of hydrogen-bond donors (Lipinski definition) is 2. The van der Waals surface area contributed by atoms with E-state index in [0.29, 0.717) is 18.4 Å². The molecule has 0 aromatic carbocycles. The number of carbonyl (C=O) groups excluding carboxylic acids is 3. The fraction of sp³-hybridized carbons (Fsp3) is 0.792. The van der Waals surface area contributed by atoms with Gasteiger partial charge in [0, 0.05) is 18.3 Å². The maximum absolute atomic E-state index is 13.2. The number of aliphatic hydroxyl groups is 2. The van der Waals surface area contributed by atoms with Crippen LogP contribution in [0.4, 0.5) is 0 Å². The summed E-state index contributed by atoms with van der Waals surface area (Å²) in [5, 5.41) is 22.5. The second kappa shape index (κ2) is 6.21. The van der Waals surface area contributed by atoms with Crippen molar-refractivity contribution in [2.24, 2.45) is 29.1 Å². The predicted octanol–water partition coefficient (Wildman–Crippen LogP) is 1.31. The van der Waals surface area contributed by atoms with Crippen LogP contribution in [0.25, 0.3) is 0 Å². The highest BCUT2D eigenvalue weighted by Crippen LogP contribution is 2.79. The standard InChI is InChI=1S/C24H32O8/c1-7-10(2)18(27)30-17-11(3)8-23-19(28)21(6)16-15(24(17,23)32-23)12(4)14(26)9-22(16,13(5)25)20(29)31-21/h10-11,14-17,19,26,28H,4,7-9H2,1-3,5-6H3. The molecule has 32 heavy (non-hydrogen) atoms. The molecule has 5 rings (SSSR count). The van der Waals surface area contributed by atoms with E-state index in [2.05, 4.69) is 6.58 Å². The summed E-state index contributed by atoms with van der Waals surface area (Å²) in [5.74, 6) is -3.40. The van der Waals surface area contributed by atoms with Crippen molar-refractivity contribution < 1.29 is 38.8 Å². The summed E-state index contributed by atoms with van der Waals surface area (Å²) in [7, 11) is 0. The second-order valence-corrected chi connectivity index (χ2v) is 10.9. The SMILES string of the molecule is C=C1C(O)CC2(C(C)=O)C(=O)OC3(C)C2C1C12OC1(CC(C)C2OC(=O)C(C)CC)C3O. The number of rotatable bonds is 4. The Morgan fingerprint density at radius 2 is 1.97 bits per heavy atom. The number of Topliss-reactive ketones (excluding diaryl/α,β-unsaturated/α-hetero) is 1. The van der Waals surface area contributed by atoms with Crippen LogP contribution >= 0.6 is 0 Å². The Labute approximate surface area is 187 Å². The molecule has 3 aliphatic carbocycles. The number of aliphatic hydroxyl groups excluding tert-OH is 2. The molecule has 8 heteroatoms. The van der Waals surface area contributed by atoms with Crippen molar-refractivity contribution in [3.63, 3.8) is 0 Å². The van der Waals surface area contributed by atoms with Gasteiger partial charge < -0.3 is 24.4 Å². The Kier molecular flexibility index (Phi) is 4.28. The summed E-state index contributed by atoms with van der Waals surface area (Å²) in [4.78, 5) is 38.9. The summed E-state index contributed by atoms with van der Waals surface area (Å²) in [6.07, 6.45) is -2.15. The summed E-state index contributed by atoms with van der Waals surface area (Å²) < 4.78 is 18.2. The van der Waals surface area contributed by atoms with Gasteiger partial charge in [-0.2, -0.15) is 0 Å². The molecule has 0 amide bonds. The van der Waals surface area contributed by atoms with Gasteiger partial charge in [0.25, 0.3) is 0 Å². The Hall–Kier alpha value is -1.77. The third-order valence-electron chi connectivity index (χ3n) is 9.37. The van der Waals surface area contributed by atoms with E-state index in [-0.39, 0.29) is 24.2 Å². The molecule has 2 saturated heterocycles. The first-order valence-corrected chi connectivity index (χ1v) is 11.5. The molecule has 2 N–H and O–H groups in total. The topological polar surface area (TPSA) is 123 Å². The van der Waals surface area contributed by atoms with Crippen LogP contribution in [0.15, 0.2) is 12.2 Å². The van der Waals surface area contributed by atoms with Gasteiger partial charge in [0.05, 0.1) is 12.0 Å². The predicted molar refractivity (Wildman–Crippen MR) is 110 cm³/mol. The van der Waals surface area contributed by atoms with Gasteiger partial charge in [-0.05, 0) is 38.2 Å². The molecule has 176 valence electrons. The third-order valence-corrected chi connectivity index (χ3v) is 9.37. The fourth-order valence-corrected chi connectivity index (χ4v) is 7.65. The lowest BCUT2D eigenvalue weighted by Crippen LogP contribution is -2.69. The molecule has 11 atom stereocenters. The Morgan fingerprint density at radius 3 is 2.56 bits per heavy atom. The summed E-state index contributed by atoms with van der Waals surface area (Å²) >= 11 is 0. The molecule has 3 saturated carbocycles. The largest absolute Gasteiger partial charge is 0.459 e. The van der Waals surface area contributed by atoms with Crippen LogP contribution in [-0.2, 0) is 28.6 Å². The molecule has 11 unspecified atom stereocenters. The first-order chi connectivity index (χ1) is 14.8. The minimum absolute atomic E-state index is 0.136. The van der Waals surface area contributed by atoms with E-state index < -0.39 is 64.1 Å². The normalized spacial score (nSPS) is 53.6. The van der Waals surface area contributed by atoms with Gasteiger partial charge in [-0.25, -0.2) is 0 Å². The quantitative estimate of drug-likeness (QED) is 0.286. The van der Waals surface area contributed by atoms with E-state index in [4.69, 9.17) is 14.2 Å². The van der Waals surface area contributed by atoms with Crippen molar-refractivity contribution in [3.8, 4) is 0 Å². The summed E-state index contributed by atoms with van der Waals surface area (Å²) in [6, 6.07) is 0. The Balaban J connectivity index is 1.69. The highest BCUT2D eigenvalue weighted by molar-refractivity contribution is 6.05. The number of epoxide rings is 1.